The highest BCUT2D eigenvalue weighted by atomic mass is 16.6. The summed E-state index contributed by atoms with van der Waals surface area (Å²) in [7, 11) is 0. The molecule has 0 aliphatic heterocycles. The Balaban J connectivity index is 2.26. The summed E-state index contributed by atoms with van der Waals surface area (Å²) in [6.07, 6.45) is -0.453. The van der Waals surface area contributed by atoms with E-state index < -0.39 is 16.9 Å². The third kappa shape index (κ3) is 3.36. The molecule has 0 radical (unpaired) electrons. The van der Waals surface area contributed by atoms with E-state index >= 15 is 0 Å². The maximum atomic E-state index is 11.3. The Hall–Kier alpha value is -2.89. The number of para-hydroxylation sites is 1. The first-order chi connectivity index (χ1) is 9.99. The topological polar surface area (TPSA) is 95.5 Å². The number of nitrogens with two attached hydrogens (primary N) is 1. The first-order valence-corrected chi connectivity index (χ1v) is 6.29. The Bertz CT molecular complexity index is 685. The average Bonchev–Trinajstić information content (AvgIpc) is 2.47. The number of carbonyl (C=O) groups is 1. The molecule has 21 heavy (non-hydrogen) atoms. The zero-order chi connectivity index (χ0) is 15.4. The number of benzene rings is 2. The first kappa shape index (κ1) is 14.5. The van der Waals surface area contributed by atoms with E-state index in [0.29, 0.717) is 11.3 Å². The minimum atomic E-state index is -0.586. The lowest BCUT2D eigenvalue weighted by Crippen LogP contribution is -2.14. The summed E-state index contributed by atoms with van der Waals surface area (Å²) in [5, 5.41) is 10.8. The quantitative estimate of drug-likeness (QED) is 0.675. The van der Waals surface area contributed by atoms with Crippen molar-refractivity contribution in [2.75, 3.05) is 0 Å². The zero-order valence-corrected chi connectivity index (χ0v) is 11.4. The van der Waals surface area contributed by atoms with Crippen molar-refractivity contribution in [2.45, 2.75) is 13.0 Å². The van der Waals surface area contributed by atoms with Gasteiger partial charge in [-0.15, -0.1) is 0 Å². The summed E-state index contributed by atoms with van der Waals surface area (Å²) in [6, 6.07) is 12.8. The Morgan fingerprint density at radius 2 is 1.95 bits per heavy atom. The zero-order valence-electron chi connectivity index (χ0n) is 11.4. The summed E-state index contributed by atoms with van der Waals surface area (Å²) < 4.78 is 5.70. The third-order valence-electron chi connectivity index (χ3n) is 3.01. The molecule has 0 aliphatic rings. The number of nitro groups is 1. The second kappa shape index (κ2) is 6.04. The number of nitro benzene ring substituents is 1. The van der Waals surface area contributed by atoms with Crippen LogP contribution in [0.1, 0.15) is 28.9 Å². The van der Waals surface area contributed by atoms with Crippen LogP contribution in [0, 0.1) is 10.1 Å². The van der Waals surface area contributed by atoms with Crippen molar-refractivity contribution < 1.29 is 14.5 Å². The van der Waals surface area contributed by atoms with Crippen molar-refractivity contribution in [2.24, 2.45) is 5.73 Å². The van der Waals surface area contributed by atoms with E-state index in [1.54, 1.807) is 43.3 Å². The molecule has 0 heterocycles. The lowest BCUT2D eigenvalue weighted by Gasteiger charge is -2.16. The van der Waals surface area contributed by atoms with Crippen molar-refractivity contribution >= 4 is 11.6 Å². The fourth-order valence-corrected chi connectivity index (χ4v) is 1.92. The van der Waals surface area contributed by atoms with Crippen molar-refractivity contribution in [1.82, 2.24) is 0 Å². The van der Waals surface area contributed by atoms with E-state index in [9.17, 15) is 14.9 Å². The van der Waals surface area contributed by atoms with Gasteiger partial charge in [0.25, 0.3) is 11.6 Å². The molecule has 0 saturated carbocycles. The van der Waals surface area contributed by atoms with Gasteiger partial charge in [-0.2, -0.15) is 0 Å². The fourth-order valence-electron chi connectivity index (χ4n) is 1.92. The van der Waals surface area contributed by atoms with E-state index in [2.05, 4.69) is 0 Å². The molecule has 0 unspecified atom stereocenters. The van der Waals surface area contributed by atoms with Crippen molar-refractivity contribution in [3.63, 3.8) is 0 Å². The van der Waals surface area contributed by atoms with Crippen LogP contribution < -0.4 is 10.5 Å². The highest BCUT2D eigenvalue weighted by Gasteiger charge is 2.15. The van der Waals surface area contributed by atoms with Gasteiger partial charge in [0, 0.05) is 12.1 Å². The highest BCUT2D eigenvalue weighted by molar-refractivity contribution is 5.95. The van der Waals surface area contributed by atoms with Crippen molar-refractivity contribution in [1.29, 1.82) is 0 Å². The monoisotopic (exact) mass is 286 g/mol. The van der Waals surface area contributed by atoms with Crippen molar-refractivity contribution in [3.05, 3.63) is 69.8 Å². The maximum absolute atomic E-state index is 11.3. The molecular weight excluding hydrogens is 272 g/mol. The van der Waals surface area contributed by atoms with Gasteiger partial charge in [-0.05, 0) is 24.6 Å². The van der Waals surface area contributed by atoms with Gasteiger partial charge in [-0.25, -0.2) is 0 Å². The number of nitrogens with zero attached hydrogens (tertiary/aromatic N) is 1. The van der Waals surface area contributed by atoms with E-state index in [4.69, 9.17) is 10.5 Å². The van der Waals surface area contributed by atoms with Gasteiger partial charge in [-0.1, -0.05) is 24.3 Å². The summed E-state index contributed by atoms with van der Waals surface area (Å²) >= 11 is 0. The van der Waals surface area contributed by atoms with Crippen LogP contribution in [-0.2, 0) is 0 Å². The number of ether oxygens (including phenoxy) is 1. The Morgan fingerprint density at radius 1 is 1.24 bits per heavy atom. The molecular formula is C15H14N2O4. The molecule has 108 valence electrons. The lowest BCUT2D eigenvalue weighted by molar-refractivity contribution is -0.385. The summed E-state index contributed by atoms with van der Waals surface area (Å²) in [5.41, 5.74) is 6.19. The molecule has 0 fully saturated rings. The molecule has 2 rings (SSSR count). The first-order valence-electron chi connectivity index (χ1n) is 6.29. The van der Waals surface area contributed by atoms with Crippen LogP contribution >= 0.6 is 0 Å². The minimum absolute atomic E-state index is 0.00821. The Labute approximate surface area is 121 Å². The lowest BCUT2D eigenvalue weighted by atomic mass is 10.1. The minimum Gasteiger partial charge on any atom is -0.485 e. The molecule has 0 spiro atoms. The predicted molar refractivity (Wildman–Crippen MR) is 77.1 cm³/mol. The molecule has 2 aromatic rings. The standard InChI is InChI=1S/C15H14N2O4/c1-10(11-5-4-6-12(9-11)17(19)20)21-14-8-3-2-7-13(14)15(16)18/h2-10H,1H3,(H2,16,18)/t10-/m1/s1. The Morgan fingerprint density at radius 3 is 2.62 bits per heavy atom. The molecule has 0 bridgehead atoms. The van der Waals surface area contributed by atoms with E-state index in [1.165, 1.54) is 12.1 Å². The van der Waals surface area contributed by atoms with Crippen molar-refractivity contribution in [3.8, 4) is 5.75 Å². The molecule has 2 aromatic carbocycles. The van der Waals surface area contributed by atoms with Crippen LogP contribution in [0.15, 0.2) is 48.5 Å². The molecule has 2 N–H and O–H groups in total. The van der Waals surface area contributed by atoms with Gasteiger partial charge in [0.15, 0.2) is 0 Å². The molecule has 0 saturated heterocycles. The molecule has 6 heteroatoms. The smallest absolute Gasteiger partial charge is 0.269 e. The van der Waals surface area contributed by atoms with Gasteiger partial charge in [-0.3, -0.25) is 14.9 Å². The van der Waals surface area contributed by atoms with Crippen LogP contribution in [-0.4, -0.2) is 10.8 Å². The number of carbonyl (C=O) groups excluding carboxylic acids is 1. The second-order valence-electron chi connectivity index (χ2n) is 4.47. The number of hydrogen-bond donors (Lipinski definition) is 1. The van der Waals surface area contributed by atoms with E-state index in [0.717, 1.165) is 0 Å². The third-order valence-corrected chi connectivity index (χ3v) is 3.01. The van der Waals surface area contributed by atoms with Crippen LogP contribution in [0.25, 0.3) is 0 Å². The highest BCUT2D eigenvalue weighted by Crippen LogP contribution is 2.26. The average molecular weight is 286 g/mol. The van der Waals surface area contributed by atoms with Gasteiger partial charge in [0.2, 0.25) is 0 Å². The largest absolute Gasteiger partial charge is 0.485 e. The SMILES string of the molecule is C[C@@H](Oc1ccccc1C(N)=O)c1cccc([N+](=O)[O-])c1. The summed E-state index contributed by atoms with van der Waals surface area (Å²) in [5.74, 6) is -0.235. The summed E-state index contributed by atoms with van der Waals surface area (Å²) in [4.78, 5) is 21.7. The normalized spacial score (nSPS) is 11.7. The van der Waals surface area contributed by atoms with Crippen LogP contribution in [0.3, 0.4) is 0 Å². The second-order valence-corrected chi connectivity index (χ2v) is 4.47. The number of rotatable bonds is 5. The number of non-ortho nitro benzene ring substituents is 1. The molecule has 6 nitrogen and oxygen atoms in total. The van der Waals surface area contributed by atoms with Crippen LogP contribution in [0.5, 0.6) is 5.75 Å². The Kier molecular flexibility index (Phi) is 4.18. The summed E-state index contributed by atoms with van der Waals surface area (Å²) in [6.45, 7) is 1.75. The van der Waals surface area contributed by atoms with Gasteiger partial charge in [0.1, 0.15) is 11.9 Å². The molecule has 1 amide bonds. The maximum Gasteiger partial charge on any atom is 0.269 e. The van der Waals surface area contributed by atoms with Gasteiger partial charge < -0.3 is 10.5 Å². The molecule has 0 aromatic heterocycles. The van der Waals surface area contributed by atoms with Gasteiger partial charge >= 0.3 is 0 Å². The number of hydrogen-bond acceptors (Lipinski definition) is 4. The van der Waals surface area contributed by atoms with E-state index in [-0.39, 0.29) is 11.3 Å². The molecule has 1 atom stereocenters. The fraction of sp³-hybridized carbons (Fsp3) is 0.133. The van der Waals surface area contributed by atoms with E-state index in [1.807, 2.05) is 0 Å². The number of amides is 1. The van der Waals surface area contributed by atoms with Crippen LogP contribution in [0.2, 0.25) is 0 Å². The predicted octanol–water partition coefficient (Wildman–Crippen LogP) is 2.83. The number of primary amides is 1. The van der Waals surface area contributed by atoms with Gasteiger partial charge in [0.05, 0.1) is 10.5 Å². The van der Waals surface area contributed by atoms with Crippen LogP contribution in [0.4, 0.5) is 5.69 Å². The molecule has 0 aliphatic carbocycles.